The third-order valence-corrected chi connectivity index (χ3v) is 4.85. The van der Waals surface area contributed by atoms with E-state index >= 15 is 0 Å². The summed E-state index contributed by atoms with van der Waals surface area (Å²) in [4.78, 5) is 34.3. The molecule has 1 aliphatic heterocycles. The van der Waals surface area contributed by atoms with E-state index in [2.05, 4.69) is 9.88 Å². The highest BCUT2D eigenvalue weighted by Gasteiger charge is 2.24. The van der Waals surface area contributed by atoms with Crippen molar-refractivity contribution in [2.75, 3.05) is 43.0 Å². The molecule has 0 aliphatic carbocycles. The van der Waals surface area contributed by atoms with Crippen molar-refractivity contribution < 1.29 is 19.1 Å². The van der Waals surface area contributed by atoms with Crippen LogP contribution in [0.4, 0.5) is 21.1 Å². The van der Waals surface area contributed by atoms with Crippen LogP contribution in [0.3, 0.4) is 0 Å². The molecule has 166 valence electrons. The van der Waals surface area contributed by atoms with Crippen molar-refractivity contribution in [3.63, 3.8) is 0 Å². The van der Waals surface area contributed by atoms with E-state index in [0.717, 1.165) is 11.4 Å². The highest BCUT2D eigenvalue weighted by atomic mass is 16.6. The van der Waals surface area contributed by atoms with Gasteiger partial charge in [0.1, 0.15) is 18.0 Å². The molecular weight excluding hydrogens is 396 g/mol. The SMILES string of the molecule is CN(C(=O)OC(C)(C)C)c1ccc(N2CCN(C(=O)OCc3ccccc3)CC2)nc1. The monoisotopic (exact) mass is 426 g/mol. The summed E-state index contributed by atoms with van der Waals surface area (Å²) in [5, 5.41) is 0. The van der Waals surface area contributed by atoms with Crippen LogP contribution in [-0.4, -0.2) is 60.9 Å². The molecule has 8 heteroatoms. The Balaban J connectivity index is 1.49. The number of carbonyl (C=O) groups excluding carboxylic acids is 2. The number of hydrogen-bond acceptors (Lipinski definition) is 6. The van der Waals surface area contributed by atoms with Crippen molar-refractivity contribution in [2.45, 2.75) is 33.0 Å². The average molecular weight is 427 g/mol. The molecule has 2 heterocycles. The summed E-state index contributed by atoms with van der Waals surface area (Å²) in [6.07, 6.45) is 0.926. The number of aromatic nitrogens is 1. The van der Waals surface area contributed by atoms with Crippen molar-refractivity contribution >= 4 is 23.7 Å². The van der Waals surface area contributed by atoms with E-state index in [1.807, 2.05) is 63.2 Å². The van der Waals surface area contributed by atoms with Crippen LogP contribution >= 0.6 is 0 Å². The lowest BCUT2D eigenvalue weighted by Crippen LogP contribution is -2.49. The van der Waals surface area contributed by atoms with Gasteiger partial charge in [-0.3, -0.25) is 4.90 Å². The van der Waals surface area contributed by atoms with Crippen molar-refractivity contribution in [1.29, 1.82) is 0 Å². The zero-order valence-corrected chi connectivity index (χ0v) is 18.6. The molecule has 1 saturated heterocycles. The predicted octanol–water partition coefficient (Wildman–Crippen LogP) is 3.91. The molecule has 1 aromatic heterocycles. The number of carbonyl (C=O) groups is 2. The van der Waals surface area contributed by atoms with Gasteiger partial charge in [0.15, 0.2) is 0 Å². The number of amides is 2. The van der Waals surface area contributed by atoms with Crippen LogP contribution in [0.25, 0.3) is 0 Å². The maximum Gasteiger partial charge on any atom is 0.414 e. The summed E-state index contributed by atoms with van der Waals surface area (Å²) < 4.78 is 10.8. The van der Waals surface area contributed by atoms with Crippen molar-refractivity contribution in [3.05, 3.63) is 54.2 Å². The van der Waals surface area contributed by atoms with E-state index in [0.29, 0.717) is 31.9 Å². The predicted molar refractivity (Wildman–Crippen MR) is 119 cm³/mol. The molecule has 0 bridgehead atoms. The van der Waals surface area contributed by atoms with Crippen LogP contribution in [-0.2, 0) is 16.1 Å². The summed E-state index contributed by atoms with van der Waals surface area (Å²) in [6, 6.07) is 13.4. The molecule has 31 heavy (non-hydrogen) atoms. The Morgan fingerprint density at radius 3 is 2.29 bits per heavy atom. The fourth-order valence-electron chi connectivity index (χ4n) is 3.13. The molecule has 0 spiro atoms. The number of anilines is 2. The quantitative estimate of drug-likeness (QED) is 0.738. The molecule has 3 rings (SSSR count). The van der Waals surface area contributed by atoms with Gasteiger partial charge in [-0.25, -0.2) is 14.6 Å². The Bertz CT molecular complexity index is 873. The third-order valence-electron chi connectivity index (χ3n) is 4.85. The second-order valence-corrected chi connectivity index (χ2v) is 8.43. The number of hydrogen-bond donors (Lipinski definition) is 0. The normalized spacial score (nSPS) is 14.2. The van der Waals surface area contributed by atoms with Crippen LogP contribution in [0, 0.1) is 0 Å². The number of ether oxygens (including phenoxy) is 2. The van der Waals surface area contributed by atoms with Gasteiger partial charge in [-0.15, -0.1) is 0 Å². The average Bonchev–Trinajstić information content (AvgIpc) is 2.77. The number of nitrogens with zero attached hydrogens (tertiary/aromatic N) is 4. The fraction of sp³-hybridized carbons (Fsp3) is 0.435. The maximum absolute atomic E-state index is 12.3. The molecule has 1 aromatic carbocycles. The topological polar surface area (TPSA) is 75.2 Å². The zero-order valence-electron chi connectivity index (χ0n) is 18.6. The van der Waals surface area contributed by atoms with Gasteiger partial charge in [-0.05, 0) is 38.5 Å². The molecule has 0 unspecified atom stereocenters. The fourth-order valence-corrected chi connectivity index (χ4v) is 3.13. The molecule has 2 amide bonds. The van der Waals surface area contributed by atoms with E-state index in [-0.39, 0.29) is 12.7 Å². The first-order valence-electron chi connectivity index (χ1n) is 10.4. The van der Waals surface area contributed by atoms with Gasteiger partial charge in [0, 0.05) is 33.2 Å². The third kappa shape index (κ3) is 6.34. The molecule has 0 radical (unpaired) electrons. The Labute approximate surface area is 183 Å². The smallest absolute Gasteiger partial charge is 0.414 e. The maximum atomic E-state index is 12.3. The molecule has 0 saturated carbocycles. The van der Waals surface area contributed by atoms with Crippen LogP contribution in [0.5, 0.6) is 0 Å². The van der Waals surface area contributed by atoms with Crippen molar-refractivity contribution in [2.24, 2.45) is 0 Å². The lowest BCUT2D eigenvalue weighted by atomic mass is 10.2. The first-order valence-corrected chi connectivity index (χ1v) is 10.4. The lowest BCUT2D eigenvalue weighted by Gasteiger charge is -2.35. The zero-order chi connectivity index (χ0) is 22.4. The molecule has 1 aliphatic rings. The molecule has 2 aromatic rings. The van der Waals surface area contributed by atoms with Crippen molar-refractivity contribution in [1.82, 2.24) is 9.88 Å². The van der Waals surface area contributed by atoms with E-state index in [1.165, 1.54) is 4.90 Å². The molecule has 8 nitrogen and oxygen atoms in total. The van der Waals surface area contributed by atoms with Gasteiger partial charge < -0.3 is 19.3 Å². The molecule has 1 fully saturated rings. The highest BCUT2D eigenvalue weighted by Crippen LogP contribution is 2.20. The Kier molecular flexibility index (Phi) is 6.99. The first kappa shape index (κ1) is 22.4. The molecule has 0 N–H and O–H groups in total. The van der Waals surface area contributed by atoms with Crippen molar-refractivity contribution in [3.8, 4) is 0 Å². The van der Waals surface area contributed by atoms with Crippen LogP contribution in [0.2, 0.25) is 0 Å². The number of rotatable bonds is 4. The van der Waals surface area contributed by atoms with E-state index in [9.17, 15) is 9.59 Å². The summed E-state index contributed by atoms with van der Waals surface area (Å²) in [7, 11) is 1.66. The number of piperazine rings is 1. The summed E-state index contributed by atoms with van der Waals surface area (Å²) in [5.41, 5.74) is 1.07. The van der Waals surface area contributed by atoms with Gasteiger partial charge in [0.05, 0.1) is 11.9 Å². The number of pyridine rings is 1. The van der Waals surface area contributed by atoms with Gasteiger partial charge in [-0.1, -0.05) is 30.3 Å². The summed E-state index contributed by atoms with van der Waals surface area (Å²) in [6.45, 7) is 8.22. The van der Waals surface area contributed by atoms with Crippen LogP contribution in [0.15, 0.2) is 48.7 Å². The lowest BCUT2D eigenvalue weighted by molar-refractivity contribution is 0.0589. The highest BCUT2D eigenvalue weighted by molar-refractivity contribution is 5.87. The minimum atomic E-state index is -0.555. The van der Waals surface area contributed by atoms with Gasteiger partial charge >= 0.3 is 12.2 Å². The van der Waals surface area contributed by atoms with Gasteiger partial charge in [0.2, 0.25) is 0 Å². The second-order valence-electron chi connectivity index (χ2n) is 8.43. The molecule has 0 atom stereocenters. The second kappa shape index (κ2) is 9.68. The summed E-state index contributed by atoms with van der Waals surface area (Å²) in [5.74, 6) is 0.804. The minimum absolute atomic E-state index is 0.272. The Hall–Kier alpha value is -3.29. The van der Waals surface area contributed by atoms with Crippen LogP contribution in [0.1, 0.15) is 26.3 Å². The number of benzene rings is 1. The Morgan fingerprint density at radius 1 is 1.03 bits per heavy atom. The first-order chi connectivity index (χ1) is 14.7. The van der Waals surface area contributed by atoms with Gasteiger partial charge in [0.25, 0.3) is 0 Å². The van der Waals surface area contributed by atoms with E-state index < -0.39 is 11.7 Å². The largest absolute Gasteiger partial charge is 0.445 e. The van der Waals surface area contributed by atoms with E-state index in [1.54, 1.807) is 18.1 Å². The van der Waals surface area contributed by atoms with Crippen LogP contribution < -0.4 is 9.80 Å². The summed E-state index contributed by atoms with van der Waals surface area (Å²) >= 11 is 0. The molecular formula is C23H30N4O4. The standard InChI is InChI=1S/C23H30N4O4/c1-23(2,3)31-21(28)25(4)19-10-11-20(24-16-19)26-12-14-27(15-13-26)22(29)30-17-18-8-6-5-7-9-18/h5-11,16H,12-15,17H2,1-4H3. The van der Waals surface area contributed by atoms with Gasteiger partial charge in [-0.2, -0.15) is 0 Å². The van der Waals surface area contributed by atoms with E-state index in [4.69, 9.17) is 9.47 Å². The Morgan fingerprint density at radius 2 is 1.71 bits per heavy atom. The minimum Gasteiger partial charge on any atom is -0.445 e.